The number of carbonyl (C=O) groups is 1. The summed E-state index contributed by atoms with van der Waals surface area (Å²) < 4.78 is 7.13. The van der Waals surface area contributed by atoms with E-state index in [9.17, 15) is 4.79 Å². The van der Waals surface area contributed by atoms with E-state index < -0.39 is 0 Å². The predicted octanol–water partition coefficient (Wildman–Crippen LogP) is 4.71. The molecular formula is C22H22N4O2. The van der Waals surface area contributed by atoms with E-state index in [1.807, 2.05) is 54.9 Å². The Hall–Kier alpha value is -3.67. The molecule has 1 N–H and O–H groups in total. The maximum Gasteiger partial charge on any atom is 0.277 e. The number of carbonyl (C=O) groups excluding carboxylic acids is 1. The molecule has 6 nitrogen and oxygen atoms in total. The lowest BCUT2D eigenvalue weighted by Crippen LogP contribution is -2.13. The zero-order chi connectivity index (χ0) is 20.1. The van der Waals surface area contributed by atoms with Crippen molar-refractivity contribution in [3.8, 4) is 11.3 Å². The van der Waals surface area contributed by atoms with Crippen molar-refractivity contribution >= 4 is 11.6 Å². The molecule has 0 saturated heterocycles. The quantitative estimate of drug-likeness (QED) is 0.608. The van der Waals surface area contributed by atoms with Crippen LogP contribution in [0, 0.1) is 13.8 Å². The van der Waals surface area contributed by atoms with Gasteiger partial charge in [0.25, 0.3) is 5.91 Å². The Kier molecular flexibility index (Phi) is 5.69. The predicted molar refractivity (Wildman–Crippen MR) is 110 cm³/mol. The first-order valence-electron chi connectivity index (χ1n) is 8.85. The average Bonchev–Trinajstić information content (AvgIpc) is 3.29. The van der Waals surface area contributed by atoms with E-state index in [-0.39, 0.29) is 11.6 Å². The van der Waals surface area contributed by atoms with Crippen LogP contribution in [-0.4, -0.2) is 20.8 Å². The van der Waals surface area contributed by atoms with Gasteiger partial charge in [-0.2, -0.15) is 5.10 Å². The number of aromatic nitrogens is 3. The van der Waals surface area contributed by atoms with Crippen molar-refractivity contribution < 1.29 is 9.32 Å². The molecule has 3 aromatic rings. The van der Waals surface area contributed by atoms with Crippen molar-refractivity contribution in [2.75, 3.05) is 5.32 Å². The summed E-state index contributed by atoms with van der Waals surface area (Å²) in [6.45, 7) is 11.8. The standard InChI is InChI=1S/C22H22N4O2/c1-5-10-17(6-2)14-26-16(4)21(15(3)24-26)23-22(27)19-13-20(28-25-19)18-11-8-7-9-12-18/h5-13H,1-2,14H2,3-4H3,(H,23,27)/b17-10+. The number of rotatable bonds is 7. The van der Waals surface area contributed by atoms with Crippen LogP contribution in [0.5, 0.6) is 0 Å². The molecule has 1 aromatic carbocycles. The highest BCUT2D eigenvalue weighted by Gasteiger charge is 2.18. The molecule has 1 amide bonds. The van der Waals surface area contributed by atoms with Crippen molar-refractivity contribution in [2.45, 2.75) is 20.4 Å². The summed E-state index contributed by atoms with van der Waals surface area (Å²) >= 11 is 0. The van der Waals surface area contributed by atoms with Gasteiger partial charge in [0, 0.05) is 11.6 Å². The van der Waals surface area contributed by atoms with Gasteiger partial charge in [0.05, 0.1) is 23.6 Å². The van der Waals surface area contributed by atoms with Crippen LogP contribution in [0.4, 0.5) is 5.69 Å². The lowest BCUT2D eigenvalue weighted by Gasteiger charge is -2.06. The van der Waals surface area contributed by atoms with Gasteiger partial charge in [-0.1, -0.05) is 66.9 Å². The van der Waals surface area contributed by atoms with Gasteiger partial charge in [-0.3, -0.25) is 9.48 Å². The van der Waals surface area contributed by atoms with Gasteiger partial charge in [0.15, 0.2) is 11.5 Å². The van der Waals surface area contributed by atoms with E-state index in [1.165, 1.54) is 0 Å². The van der Waals surface area contributed by atoms with E-state index >= 15 is 0 Å². The van der Waals surface area contributed by atoms with Gasteiger partial charge in [-0.05, 0) is 19.4 Å². The summed E-state index contributed by atoms with van der Waals surface area (Å²) in [4.78, 5) is 12.6. The first kappa shape index (κ1) is 19.1. The van der Waals surface area contributed by atoms with Crippen LogP contribution in [-0.2, 0) is 6.54 Å². The number of hydrogen-bond acceptors (Lipinski definition) is 4. The maximum absolute atomic E-state index is 12.6. The Morgan fingerprint density at radius 2 is 2.00 bits per heavy atom. The van der Waals surface area contributed by atoms with Gasteiger partial charge >= 0.3 is 0 Å². The van der Waals surface area contributed by atoms with E-state index in [4.69, 9.17) is 4.52 Å². The molecule has 0 aliphatic heterocycles. The third-order valence-corrected chi connectivity index (χ3v) is 4.35. The Labute approximate surface area is 163 Å². The molecule has 0 radical (unpaired) electrons. The minimum Gasteiger partial charge on any atom is -0.355 e. The molecule has 3 rings (SSSR count). The van der Waals surface area contributed by atoms with Crippen molar-refractivity contribution in [3.63, 3.8) is 0 Å². The lowest BCUT2D eigenvalue weighted by atomic mass is 10.1. The van der Waals surface area contributed by atoms with Crippen molar-refractivity contribution in [3.05, 3.63) is 90.4 Å². The molecule has 28 heavy (non-hydrogen) atoms. The fourth-order valence-electron chi connectivity index (χ4n) is 2.84. The van der Waals surface area contributed by atoms with Crippen molar-refractivity contribution in [1.29, 1.82) is 0 Å². The number of hydrogen-bond donors (Lipinski definition) is 1. The monoisotopic (exact) mass is 374 g/mol. The third kappa shape index (κ3) is 4.01. The molecule has 6 heteroatoms. The van der Waals surface area contributed by atoms with Gasteiger partial charge < -0.3 is 9.84 Å². The fraction of sp³-hybridized carbons (Fsp3) is 0.136. The molecule has 0 atom stereocenters. The zero-order valence-electron chi connectivity index (χ0n) is 16.0. The molecule has 0 saturated carbocycles. The molecule has 2 aromatic heterocycles. The minimum absolute atomic E-state index is 0.212. The number of benzene rings is 1. The van der Waals surface area contributed by atoms with Crippen LogP contribution in [0.2, 0.25) is 0 Å². The average molecular weight is 374 g/mol. The Bertz CT molecular complexity index is 1040. The summed E-state index contributed by atoms with van der Waals surface area (Å²) in [6, 6.07) is 11.1. The van der Waals surface area contributed by atoms with E-state index in [0.717, 1.165) is 22.5 Å². The molecule has 142 valence electrons. The van der Waals surface area contributed by atoms with E-state index in [0.29, 0.717) is 18.0 Å². The molecule has 0 fully saturated rings. The number of aryl methyl sites for hydroxylation is 1. The summed E-state index contributed by atoms with van der Waals surface area (Å²) in [7, 11) is 0. The molecule has 0 unspecified atom stereocenters. The minimum atomic E-state index is -0.345. The largest absolute Gasteiger partial charge is 0.355 e. The van der Waals surface area contributed by atoms with Crippen LogP contribution >= 0.6 is 0 Å². The Morgan fingerprint density at radius 1 is 1.25 bits per heavy atom. The van der Waals surface area contributed by atoms with Crippen LogP contribution < -0.4 is 5.32 Å². The molecular weight excluding hydrogens is 352 g/mol. The smallest absolute Gasteiger partial charge is 0.277 e. The number of nitrogens with zero attached hydrogens (tertiary/aromatic N) is 3. The lowest BCUT2D eigenvalue weighted by molar-refractivity contribution is 0.101. The Balaban J connectivity index is 1.79. The van der Waals surface area contributed by atoms with E-state index in [1.54, 1.807) is 18.2 Å². The second kappa shape index (κ2) is 8.35. The third-order valence-electron chi connectivity index (χ3n) is 4.35. The van der Waals surface area contributed by atoms with Crippen LogP contribution in [0.1, 0.15) is 21.9 Å². The van der Waals surface area contributed by atoms with Gasteiger partial charge in [0.2, 0.25) is 0 Å². The van der Waals surface area contributed by atoms with Crippen LogP contribution in [0.3, 0.4) is 0 Å². The fourth-order valence-corrected chi connectivity index (χ4v) is 2.84. The van der Waals surface area contributed by atoms with Gasteiger partial charge in [-0.15, -0.1) is 0 Å². The highest BCUT2D eigenvalue weighted by molar-refractivity contribution is 6.03. The topological polar surface area (TPSA) is 73.0 Å². The van der Waals surface area contributed by atoms with E-state index in [2.05, 4.69) is 28.7 Å². The Morgan fingerprint density at radius 3 is 2.68 bits per heavy atom. The molecule has 0 aliphatic rings. The molecule has 0 spiro atoms. The first-order chi connectivity index (χ1) is 13.5. The molecule has 2 heterocycles. The SMILES string of the molecule is C=C/C=C(\C=C)Cn1nc(C)c(NC(=O)c2cc(-c3ccccc3)on2)c1C. The van der Waals surface area contributed by atoms with Crippen molar-refractivity contribution in [1.82, 2.24) is 14.9 Å². The molecule has 0 bridgehead atoms. The second-order valence-corrected chi connectivity index (χ2v) is 6.28. The van der Waals surface area contributed by atoms with Gasteiger partial charge in [-0.25, -0.2) is 0 Å². The van der Waals surface area contributed by atoms with Crippen LogP contribution in [0.25, 0.3) is 11.3 Å². The molecule has 0 aliphatic carbocycles. The zero-order valence-corrected chi connectivity index (χ0v) is 16.0. The normalized spacial score (nSPS) is 11.3. The maximum atomic E-state index is 12.6. The summed E-state index contributed by atoms with van der Waals surface area (Å²) in [5, 5.41) is 11.3. The number of amides is 1. The number of nitrogens with one attached hydrogen (secondary N) is 1. The first-order valence-corrected chi connectivity index (χ1v) is 8.85. The summed E-state index contributed by atoms with van der Waals surface area (Å²) in [6.07, 6.45) is 5.35. The van der Waals surface area contributed by atoms with Crippen LogP contribution in [0.15, 0.2) is 77.9 Å². The van der Waals surface area contributed by atoms with Crippen molar-refractivity contribution in [2.24, 2.45) is 0 Å². The summed E-state index contributed by atoms with van der Waals surface area (Å²) in [5.41, 5.74) is 4.27. The van der Waals surface area contributed by atoms with Gasteiger partial charge in [0.1, 0.15) is 0 Å². The highest BCUT2D eigenvalue weighted by atomic mass is 16.5. The number of allylic oxidation sites excluding steroid dienone is 4. The number of anilines is 1. The highest BCUT2D eigenvalue weighted by Crippen LogP contribution is 2.23. The summed E-state index contributed by atoms with van der Waals surface area (Å²) in [5.74, 6) is 0.197. The second-order valence-electron chi connectivity index (χ2n) is 6.28.